The molecule has 2 aliphatic rings. The monoisotopic (exact) mass is 487 g/mol. The van der Waals surface area contributed by atoms with E-state index in [9.17, 15) is 9.90 Å². The van der Waals surface area contributed by atoms with Crippen LogP contribution in [-0.2, 0) is 10.4 Å². The first kappa shape index (κ1) is 21.9. The molecule has 178 valence electrons. The second kappa shape index (κ2) is 8.54. The quantitative estimate of drug-likeness (QED) is 0.423. The minimum absolute atomic E-state index is 0.270. The van der Waals surface area contributed by atoms with Crippen LogP contribution in [0.25, 0.3) is 22.0 Å². The van der Waals surface area contributed by atoms with Gasteiger partial charge in [0.2, 0.25) is 5.95 Å². The van der Waals surface area contributed by atoms with Gasteiger partial charge >= 0.3 is 0 Å². The number of imidazole rings is 1. The first-order valence-electron chi connectivity index (χ1n) is 11.7. The molecule has 0 spiro atoms. The van der Waals surface area contributed by atoms with Gasteiger partial charge < -0.3 is 19.9 Å². The summed E-state index contributed by atoms with van der Waals surface area (Å²) in [6, 6.07) is 9.80. The molecular weight excluding hydrogens is 462 g/mol. The largest absolute Gasteiger partial charge is 0.375 e. The van der Waals surface area contributed by atoms with Gasteiger partial charge in [-0.05, 0) is 37.0 Å². The predicted molar refractivity (Wildman–Crippen MR) is 133 cm³/mol. The molecule has 1 aliphatic heterocycles. The molecule has 9 nitrogen and oxygen atoms in total. The number of hydrogen-bond acceptors (Lipinski definition) is 8. The van der Waals surface area contributed by atoms with Crippen LogP contribution in [0.4, 0.5) is 11.8 Å². The highest BCUT2D eigenvalue weighted by Crippen LogP contribution is 2.36. The van der Waals surface area contributed by atoms with Crippen molar-refractivity contribution in [3.63, 3.8) is 0 Å². The fourth-order valence-corrected chi connectivity index (χ4v) is 5.33. The van der Waals surface area contributed by atoms with Crippen molar-refractivity contribution in [2.24, 2.45) is 0 Å². The third-order valence-electron chi connectivity index (χ3n) is 6.86. The Balaban J connectivity index is 1.22. The number of thiazole rings is 1. The molecule has 2 fully saturated rings. The summed E-state index contributed by atoms with van der Waals surface area (Å²) in [4.78, 5) is 32.2. The van der Waals surface area contributed by atoms with Crippen molar-refractivity contribution in [1.29, 1.82) is 0 Å². The lowest BCUT2D eigenvalue weighted by Gasteiger charge is -2.26. The lowest BCUT2D eigenvalue weighted by Crippen LogP contribution is -2.36. The van der Waals surface area contributed by atoms with Crippen LogP contribution in [-0.4, -0.2) is 54.0 Å². The summed E-state index contributed by atoms with van der Waals surface area (Å²) in [7, 11) is 1.71. The maximum absolute atomic E-state index is 12.5. The number of likely N-dealkylation sites (N-methyl/N-ethyl adjacent to an activating group) is 1. The Hall–Kier alpha value is -3.63. The van der Waals surface area contributed by atoms with Crippen LogP contribution in [0.1, 0.15) is 37.3 Å². The Morgan fingerprint density at radius 3 is 2.83 bits per heavy atom. The summed E-state index contributed by atoms with van der Waals surface area (Å²) < 4.78 is 2.14. The molecular formula is C25H25N7O2S. The molecule has 0 radical (unpaired) electrons. The lowest BCUT2D eigenvalue weighted by molar-refractivity contribution is -0.143. The number of hydrogen-bond donors (Lipinski definition) is 2. The van der Waals surface area contributed by atoms with Crippen molar-refractivity contribution in [2.45, 2.75) is 37.3 Å². The van der Waals surface area contributed by atoms with E-state index >= 15 is 0 Å². The fraction of sp³-hybridized carbons (Fsp3) is 0.320. The van der Waals surface area contributed by atoms with Crippen LogP contribution < -0.4 is 5.32 Å². The van der Waals surface area contributed by atoms with E-state index < -0.39 is 5.60 Å². The highest BCUT2D eigenvalue weighted by atomic mass is 32.1. The topological polar surface area (TPSA) is 109 Å². The van der Waals surface area contributed by atoms with E-state index in [1.807, 2.05) is 42.2 Å². The minimum Gasteiger partial charge on any atom is -0.375 e. The molecule has 1 aromatic carbocycles. The highest BCUT2D eigenvalue weighted by Gasteiger charge is 2.45. The smallest absolute Gasteiger partial charge is 0.258 e. The first-order valence-corrected chi connectivity index (χ1v) is 12.6. The number of aromatic nitrogens is 5. The third-order valence-corrected chi connectivity index (χ3v) is 7.75. The molecule has 1 amide bonds. The summed E-state index contributed by atoms with van der Waals surface area (Å²) in [6.45, 7) is 0.534. The number of nitrogens with zero attached hydrogens (tertiary/aromatic N) is 6. The van der Waals surface area contributed by atoms with Gasteiger partial charge in [0.15, 0.2) is 11.4 Å². The summed E-state index contributed by atoms with van der Waals surface area (Å²) in [5, 5.41) is 16.9. The molecule has 3 aromatic heterocycles. The van der Waals surface area contributed by atoms with Crippen molar-refractivity contribution in [2.75, 3.05) is 18.9 Å². The molecule has 4 aromatic rings. The van der Waals surface area contributed by atoms with Gasteiger partial charge in [0, 0.05) is 49.4 Å². The zero-order valence-electron chi connectivity index (χ0n) is 19.3. The van der Waals surface area contributed by atoms with E-state index in [2.05, 4.69) is 24.8 Å². The van der Waals surface area contributed by atoms with Gasteiger partial charge in [0.05, 0.1) is 12.0 Å². The molecule has 1 atom stereocenters. The van der Waals surface area contributed by atoms with Crippen LogP contribution in [0.2, 0.25) is 0 Å². The van der Waals surface area contributed by atoms with Crippen LogP contribution in [0.15, 0.2) is 54.4 Å². The summed E-state index contributed by atoms with van der Waals surface area (Å²) >= 11 is 1.49. The number of aliphatic hydroxyl groups is 1. The zero-order valence-corrected chi connectivity index (χ0v) is 20.1. The van der Waals surface area contributed by atoms with E-state index in [1.165, 1.54) is 30.6 Å². The van der Waals surface area contributed by atoms with Crippen LogP contribution in [0.3, 0.4) is 0 Å². The molecule has 2 N–H and O–H groups in total. The van der Waals surface area contributed by atoms with Gasteiger partial charge in [-0.2, -0.15) is 0 Å². The molecule has 6 rings (SSSR count). The predicted octanol–water partition coefficient (Wildman–Crippen LogP) is 3.98. The maximum atomic E-state index is 12.5. The average molecular weight is 488 g/mol. The Morgan fingerprint density at radius 1 is 1.17 bits per heavy atom. The van der Waals surface area contributed by atoms with Crippen LogP contribution >= 0.6 is 11.3 Å². The standard InChI is InChI=1S/C25H25N7O2S/c1-31-11-9-25(34,23(31)33)17-5-2-4-16(12-17)22-28-20(14-35-22)19-8-10-26-24(29-19)30-21-13-32(15-27-21)18-6-3-7-18/h2,4-5,8,10,12-15,18,34H,3,6-7,9,11H2,1H3,(H,26,29,30). The SMILES string of the molecule is CN1CCC(O)(c2cccc(-c3nc(-c4ccnc(Nc5cn(C6CCC6)cn5)n4)cs3)c2)C1=O. The van der Waals surface area contributed by atoms with Crippen LogP contribution in [0.5, 0.6) is 0 Å². The molecule has 1 saturated heterocycles. The maximum Gasteiger partial charge on any atom is 0.258 e. The highest BCUT2D eigenvalue weighted by molar-refractivity contribution is 7.13. The van der Waals surface area contributed by atoms with Gasteiger partial charge in [-0.1, -0.05) is 18.2 Å². The van der Waals surface area contributed by atoms with Gasteiger partial charge in [-0.3, -0.25) is 4.79 Å². The van der Waals surface area contributed by atoms with E-state index in [0.29, 0.717) is 36.2 Å². The van der Waals surface area contributed by atoms with Gasteiger partial charge in [0.1, 0.15) is 10.7 Å². The first-order chi connectivity index (χ1) is 17.0. The molecule has 35 heavy (non-hydrogen) atoms. The second-order valence-corrected chi connectivity index (χ2v) is 10.00. The number of benzene rings is 1. The van der Waals surface area contributed by atoms with Gasteiger partial charge in [-0.15, -0.1) is 11.3 Å². The van der Waals surface area contributed by atoms with Crippen molar-refractivity contribution < 1.29 is 9.90 Å². The normalized spacial score (nSPS) is 20.3. The third kappa shape index (κ3) is 3.98. The van der Waals surface area contributed by atoms with E-state index in [1.54, 1.807) is 24.2 Å². The molecule has 1 aliphatic carbocycles. The molecule has 1 unspecified atom stereocenters. The number of rotatable bonds is 6. The summed E-state index contributed by atoms with van der Waals surface area (Å²) in [5.74, 6) is 0.909. The van der Waals surface area contributed by atoms with E-state index in [-0.39, 0.29) is 5.91 Å². The zero-order chi connectivity index (χ0) is 24.0. The van der Waals surface area contributed by atoms with Crippen molar-refractivity contribution in [3.8, 4) is 22.0 Å². The number of carbonyl (C=O) groups is 1. The van der Waals surface area contributed by atoms with Crippen molar-refractivity contribution >= 4 is 29.0 Å². The molecule has 0 bridgehead atoms. The number of likely N-dealkylation sites (tertiary alicyclic amines) is 1. The second-order valence-electron chi connectivity index (χ2n) is 9.14. The Morgan fingerprint density at radius 2 is 2.06 bits per heavy atom. The van der Waals surface area contributed by atoms with E-state index in [4.69, 9.17) is 4.98 Å². The number of amides is 1. The fourth-order valence-electron chi connectivity index (χ4n) is 4.52. The van der Waals surface area contributed by atoms with Crippen molar-refractivity contribution in [1.82, 2.24) is 29.4 Å². The Labute approximate surface area is 206 Å². The van der Waals surface area contributed by atoms with Gasteiger partial charge in [-0.25, -0.2) is 19.9 Å². The van der Waals surface area contributed by atoms with Crippen LogP contribution in [0, 0.1) is 0 Å². The molecule has 1 saturated carbocycles. The van der Waals surface area contributed by atoms with E-state index in [0.717, 1.165) is 22.1 Å². The molecule has 10 heteroatoms. The van der Waals surface area contributed by atoms with Gasteiger partial charge in [0.25, 0.3) is 5.91 Å². The number of carbonyl (C=O) groups excluding carboxylic acids is 1. The summed E-state index contributed by atoms with van der Waals surface area (Å²) in [5.41, 5.74) is 1.39. The summed E-state index contributed by atoms with van der Waals surface area (Å²) in [6.07, 6.45) is 9.59. The Bertz CT molecular complexity index is 1400. The number of nitrogens with one attached hydrogen (secondary N) is 1. The Kier molecular flexibility index (Phi) is 5.34. The minimum atomic E-state index is -1.48. The molecule has 4 heterocycles. The lowest BCUT2D eigenvalue weighted by atomic mass is 9.91. The van der Waals surface area contributed by atoms with Crippen molar-refractivity contribution in [3.05, 3.63) is 60.0 Å². The average Bonchev–Trinajstić information content (AvgIpc) is 3.56. The number of anilines is 2.